The molecule has 1 atom stereocenters. The van der Waals surface area contributed by atoms with Crippen LogP contribution in [-0.2, 0) is 4.79 Å². The van der Waals surface area contributed by atoms with E-state index in [1.165, 1.54) is 0 Å². The number of hydrogen-bond donors (Lipinski definition) is 2. The predicted molar refractivity (Wildman–Crippen MR) is 96.0 cm³/mol. The van der Waals surface area contributed by atoms with Crippen LogP contribution in [0.25, 0.3) is 0 Å². The summed E-state index contributed by atoms with van der Waals surface area (Å²) in [6, 6.07) is 14.6. The van der Waals surface area contributed by atoms with E-state index in [0.717, 1.165) is 15.7 Å². The van der Waals surface area contributed by atoms with Crippen LogP contribution >= 0.6 is 15.9 Å². The van der Waals surface area contributed by atoms with E-state index in [2.05, 4.69) is 31.8 Å². The lowest BCUT2D eigenvalue weighted by Gasteiger charge is -2.15. The van der Waals surface area contributed by atoms with Crippen LogP contribution in [0.1, 0.15) is 12.5 Å². The van der Waals surface area contributed by atoms with Gasteiger partial charge in [0.25, 0.3) is 5.91 Å². The Morgan fingerprint density at radius 3 is 2.61 bits per heavy atom. The number of nitrogens with zero attached hydrogens (tertiary/aromatic N) is 1. The van der Waals surface area contributed by atoms with E-state index in [9.17, 15) is 4.79 Å². The average Bonchev–Trinajstić information content (AvgIpc) is 2.57. The molecule has 1 amide bonds. The van der Waals surface area contributed by atoms with Gasteiger partial charge in [0, 0.05) is 4.47 Å². The number of methoxy groups -OCH3 is 1. The van der Waals surface area contributed by atoms with Gasteiger partial charge in [-0.2, -0.15) is 5.10 Å². The zero-order valence-electron chi connectivity index (χ0n) is 12.9. The summed E-state index contributed by atoms with van der Waals surface area (Å²) < 4.78 is 6.24. The van der Waals surface area contributed by atoms with Crippen LogP contribution in [0, 0.1) is 0 Å². The molecule has 2 rings (SSSR count). The molecule has 2 aromatic rings. The summed E-state index contributed by atoms with van der Waals surface area (Å²) in [5.74, 6) is 0.454. The minimum atomic E-state index is -0.451. The summed E-state index contributed by atoms with van der Waals surface area (Å²) in [5.41, 5.74) is 4.18. The first-order valence-electron chi connectivity index (χ1n) is 7.08. The molecule has 0 bridgehead atoms. The van der Waals surface area contributed by atoms with Crippen molar-refractivity contribution in [2.45, 2.75) is 13.0 Å². The molecule has 5 nitrogen and oxygen atoms in total. The Hall–Kier alpha value is -2.34. The smallest absolute Gasteiger partial charge is 0.262 e. The molecule has 0 spiro atoms. The third-order valence-corrected chi connectivity index (χ3v) is 3.66. The van der Waals surface area contributed by atoms with E-state index in [1.54, 1.807) is 20.2 Å². The van der Waals surface area contributed by atoms with Gasteiger partial charge in [-0.1, -0.05) is 40.2 Å². The molecule has 0 aromatic heterocycles. The van der Waals surface area contributed by atoms with Crippen molar-refractivity contribution in [1.82, 2.24) is 5.43 Å². The van der Waals surface area contributed by atoms with Crippen molar-refractivity contribution in [3.8, 4) is 5.75 Å². The van der Waals surface area contributed by atoms with E-state index in [4.69, 9.17) is 4.74 Å². The number of hydrazone groups is 1. The minimum absolute atomic E-state index is 0.232. The molecule has 23 heavy (non-hydrogen) atoms. The molecule has 2 aromatic carbocycles. The van der Waals surface area contributed by atoms with Crippen LogP contribution in [-0.4, -0.2) is 25.3 Å². The van der Waals surface area contributed by atoms with Gasteiger partial charge in [0.1, 0.15) is 11.8 Å². The summed E-state index contributed by atoms with van der Waals surface area (Å²) >= 11 is 3.37. The Morgan fingerprint density at radius 2 is 1.91 bits per heavy atom. The van der Waals surface area contributed by atoms with E-state index in [-0.39, 0.29) is 5.91 Å². The van der Waals surface area contributed by atoms with E-state index in [0.29, 0.717) is 5.75 Å². The number of hydrogen-bond acceptors (Lipinski definition) is 4. The molecule has 120 valence electrons. The van der Waals surface area contributed by atoms with Crippen LogP contribution in [0.3, 0.4) is 0 Å². The Morgan fingerprint density at radius 1 is 1.22 bits per heavy atom. The van der Waals surface area contributed by atoms with Gasteiger partial charge >= 0.3 is 0 Å². The summed E-state index contributed by atoms with van der Waals surface area (Å²) in [7, 11) is 1.59. The molecule has 0 saturated carbocycles. The average molecular weight is 376 g/mol. The molecule has 0 unspecified atom stereocenters. The lowest BCUT2D eigenvalue weighted by Crippen LogP contribution is -2.35. The van der Waals surface area contributed by atoms with Gasteiger partial charge in [-0.05, 0) is 36.8 Å². The monoisotopic (exact) mass is 375 g/mol. The third kappa shape index (κ3) is 5.10. The van der Waals surface area contributed by atoms with Crippen LogP contribution in [0.2, 0.25) is 0 Å². The van der Waals surface area contributed by atoms with Crippen molar-refractivity contribution < 1.29 is 9.53 Å². The summed E-state index contributed by atoms with van der Waals surface area (Å²) in [5, 5.41) is 7.07. The standard InChI is InChI=1S/C17H18BrN3O2/c1-12(20-15-5-3-4-6-16(15)23-2)17(22)21-19-11-13-7-9-14(18)10-8-13/h3-12,20H,1-2H3,(H,21,22)/b19-11-/t12-/m0/s1. The topological polar surface area (TPSA) is 62.7 Å². The summed E-state index contributed by atoms with van der Waals surface area (Å²) in [4.78, 5) is 12.1. The molecule has 0 fully saturated rings. The number of amides is 1. The predicted octanol–water partition coefficient (Wildman–Crippen LogP) is 3.41. The van der Waals surface area contributed by atoms with Gasteiger partial charge in [-0.15, -0.1) is 0 Å². The van der Waals surface area contributed by atoms with Gasteiger partial charge < -0.3 is 10.1 Å². The molecule has 0 radical (unpaired) electrons. The Balaban J connectivity index is 1.91. The fourth-order valence-electron chi connectivity index (χ4n) is 1.88. The molecule has 0 aliphatic heterocycles. The van der Waals surface area contributed by atoms with Crippen LogP contribution in [0.5, 0.6) is 5.75 Å². The molecule has 0 aliphatic rings. The SMILES string of the molecule is COc1ccccc1N[C@@H](C)C(=O)N/N=C\c1ccc(Br)cc1. The zero-order chi connectivity index (χ0) is 16.7. The second kappa shape index (κ2) is 8.33. The second-order valence-electron chi connectivity index (χ2n) is 4.85. The maximum Gasteiger partial charge on any atom is 0.262 e. The molecule has 6 heteroatoms. The number of ether oxygens (including phenoxy) is 1. The van der Waals surface area contributed by atoms with Crippen molar-refractivity contribution in [1.29, 1.82) is 0 Å². The van der Waals surface area contributed by atoms with Crippen LogP contribution in [0.15, 0.2) is 58.1 Å². The Kier molecular flexibility index (Phi) is 6.17. The van der Waals surface area contributed by atoms with Crippen molar-refractivity contribution >= 4 is 33.7 Å². The highest BCUT2D eigenvalue weighted by Gasteiger charge is 2.13. The lowest BCUT2D eigenvalue weighted by molar-refractivity contribution is -0.121. The first kappa shape index (κ1) is 17.0. The van der Waals surface area contributed by atoms with E-state index in [1.807, 2.05) is 48.5 Å². The molecule has 0 aliphatic carbocycles. The Labute approximate surface area is 143 Å². The van der Waals surface area contributed by atoms with Crippen molar-refractivity contribution in [2.24, 2.45) is 5.10 Å². The number of nitrogens with one attached hydrogen (secondary N) is 2. The molecule has 0 saturated heterocycles. The quantitative estimate of drug-likeness (QED) is 0.600. The number of rotatable bonds is 6. The summed E-state index contributed by atoms with van der Waals surface area (Å²) in [6.45, 7) is 1.76. The Bertz CT molecular complexity index is 686. The van der Waals surface area contributed by atoms with Crippen molar-refractivity contribution in [3.63, 3.8) is 0 Å². The third-order valence-electron chi connectivity index (χ3n) is 3.13. The maximum atomic E-state index is 12.1. The van der Waals surface area contributed by atoms with Crippen molar-refractivity contribution in [2.75, 3.05) is 12.4 Å². The number of carbonyl (C=O) groups excluding carboxylic acids is 1. The minimum Gasteiger partial charge on any atom is -0.495 e. The number of para-hydroxylation sites is 2. The molecular weight excluding hydrogens is 358 g/mol. The fourth-order valence-corrected chi connectivity index (χ4v) is 2.14. The lowest BCUT2D eigenvalue weighted by atomic mass is 10.2. The maximum absolute atomic E-state index is 12.1. The van der Waals surface area contributed by atoms with E-state index >= 15 is 0 Å². The van der Waals surface area contributed by atoms with E-state index < -0.39 is 6.04 Å². The van der Waals surface area contributed by atoms with Crippen molar-refractivity contribution in [3.05, 3.63) is 58.6 Å². The fraction of sp³-hybridized carbons (Fsp3) is 0.176. The first-order valence-corrected chi connectivity index (χ1v) is 7.87. The molecule has 2 N–H and O–H groups in total. The normalized spacial score (nSPS) is 12.0. The van der Waals surface area contributed by atoms with Crippen LogP contribution in [0.4, 0.5) is 5.69 Å². The zero-order valence-corrected chi connectivity index (χ0v) is 14.5. The largest absolute Gasteiger partial charge is 0.495 e. The summed E-state index contributed by atoms with van der Waals surface area (Å²) in [6.07, 6.45) is 1.60. The first-order chi connectivity index (χ1) is 11.1. The van der Waals surface area contributed by atoms with Gasteiger partial charge in [-0.3, -0.25) is 4.79 Å². The highest BCUT2D eigenvalue weighted by atomic mass is 79.9. The second-order valence-corrected chi connectivity index (χ2v) is 5.77. The van der Waals surface area contributed by atoms with Crippen LogP contribution < -0.4 is 15.5 Å². The molecular formula is C17H18BrN3O2. The number of halogens is 1. The highest BCUT2D eigenvalue weighted by molar-refractivity contribution is 9.10. The van der Waals surface area contributed by atoms with Gasteiger partial charge in [0.05, 0.1) is 19.0 Å². The highest BCUT2D eigenvalue weighted by Crippen LogP contribution is 2.23. The van der Waals surface area contributed by atoms with Gasteiger partial charge in [0.15, 0.2) is 0 Å². The van der Waals surface area contributed by atoms with Gasteiger partial charge in [0.2, 0.25) is 0 Å². The number of benzene rings is 2. The number of anilines is 1. The molecule has 0 heterocycles. The van der Waals surface area contributed by atoms with Gasteiger partial charge in [-0.25, -0.2) is 5.43 Å². The number of carbonyl (C=O) groups is 1.